The molecule has 0 fully saturated rings. The van der Waals surface area contributed by atoms with E-state index in [9.17, 15) is 4.79 Å². The van der Waals surface area contributed by atoms with E-state index in [0.29, 0.717) is 0 Å². The predicted molar refractivity (Wildman–Crippen MR) is 86.7 cm³/mol. The van der Waals surface area contributed by atoms with Crippen molar-refractivity contribution in [1.29, 1.82) is 0 Å². The first-order chi connectivity index (χ1) is 10.7. The fraction of sp³-hybridized carbons (Fsp3) is 0.375. The Morgan fingerprint density at radius 2 is 2.00 bits per heavy atom. The van der Waals surface area contributed by atoms with Crippen LogP contribution in [0.15, 0.2) is 41.7 Å². The fourth-order valence-corrected chi connectivity index (χ4v) is 2.70. The zero-order chi connectivity index (χ0) is 15.5. The van der Waals surface area contributed by atoms with Crippen LogP contribution in [0, 0.1) is 0 Å². The van der Waals surface area contributed by atoms with Crippen LogP contribution in [-0.2, 0) is 27.2 Å². The maximum absolute atomic E-state index is 11.9. The van der Waals surface area contributed by atoms with Crippen molar-refractivity contribution in [3.63, 3.8) is 0 Å². The number of rotatable bonds is 6. The van der Waals surface area contributed by atoms with Crippen LogP contribution in [0.25, 0.3) is 11.0 Å². The lowest BCUT2D eigenvalue weighted by atomic mass is 10.2. The lowest BCUT2D eigenvalue weighted by Gasteiger charge is -2.06. The van der Waals surface area contributed by atoms with Gasteiger partial charge in [0.1, 0.15) is 0 Å². The molecule has 1 N–H and O–H groups in total. The number of aryl methyl sites for hydroxylation is 3. The Balaban J connectivity index is 1.58. The molecule has 0 radical (unpaired) electrons. The van der Waals surface area contributed by atoms with E-state index in [2.05, 4.69) is 27.0 Å². The average Bonchev–Trinajstić information content (AvgIpc) is 3.11. The Kier molecular flexibility index (Phi) is 4.11. The molecule has 6 heteroatoms. The fourth-order valence-electron chi connectivity index (χ4n) is 2.70. The summed E-state index contributed by atoms with van der Waals surface area (Å²) in [5.41, 5.74) is 3.15. The van der Waals surface area contributed by atoms with Gasteiger partial charge in [0.15, 0.2) is 0 Å². The van der Waals surface area contributed by atoms with Gasteiger partial charge in [-0.1, -0.05) is 6.07 Å². The van der Waals surface area contributed by atoms with Gasteiger partial charge in [-0.3, -0.25) is 9.13 Å². The van der Waals surface area contributed by atoms with Crippen LogP contribution in [0.4, 0.5) is 0 Å². The first-order valence-corrected chi connectivity index (χ1v) is 7.47. The van der Waals surface area contributed by atoms with Gasteiger partial charge in [-0.25, -0.2) is 9.78 Å². The maximum Gasteiger partial charge on any atom is 0.328 e. The summed E-state index contributed by atoms with van der Waals surface area (Å²) in [6, 6.07) is 6.17. The van der Waals surface area contributed by atoms with E-state index in [4.69, 9.17) is 0 Å². The van der Waals surface area contributed by atoms with E-state index in [-0.39, 0.29) is 5.69 Å². The Bertz CT molecular complexity index is 813. The van der Waals surface area contributed by atoms with Gasteiger partial charge in [0, 0.05) is 39.6 Å². The topological polar surface area (TPSA) is 56.8 Å². The molecule has 0 spiro atoms. The molecule has 2 heterocycles. The molecule has 1 aromatic carbocycles. The highest BCUT2D eigenvalue weighted by molar-refractivity contribution is 5.76. The number of fused-ring (bicyclic) bond motifs is 1. The number of hydrogen-bond donors (Lipinski definition) is 1. The van der Waals surface area contributed by atoms with E-state index >= 15 is 0 Å². The van der Waals surface area contributed by atoms with Gasteiger partial charge in [-0.15, -0.1) is 0 Å². The summed E-state index contributed by atoms with van der Waals surface area (Å²) in [6.45, 7) is 2.73. The van der Waals surface area contributed by atoms with Crippen LogP contribution in [0.1, 0.15) is 12.0 Å². The highest BCUT2D eigenvalue weighted by Crippen LogP contribution is 2.13. The number of nitrogens with one attached hydrogen (secondary N) is 1. The number of hydrogen-bond acceptors (Lipinski definition) is 3. The third-order valence-corrected chi connectivity index (χ3v) is 3.99. The van der Waals surface area contributed by atoms with Crippen LogP contribution >= 0.6 is 0 Å². The molecule has 0 atom stereocenters. The van der Waals surface area contributed by atoms with E-state index < -0.39 is 0 Å². The highest BCUT2D eigenvalue weighted by Gasteiger charge is 2.07. The predicted octanol–water partition coefficient (Wildman–Crippen LogP) is 1.25. The largest absolute Gasteiger partial charge is 0.337 e. The van der Waals surface area contributed by atoms with Gasteiger partial charge in [-0.05, 0) is 30.7 Å². The van der Waals surface area contributed by atoms with Crippen LogP contribution in [0.5, 0.6) is 0 Å². The zero-order valence-electron chi connectivity index (χ0n) is 13.0. The Morgan fingerprint density at radius 1 is 1.18 bits per heavy atom. The molecule has 116 valence electrons. The van der Waals surface area contributed by atoms with Gasteiger partial charge in [0.05, 0.1) is 17.4 Å². The van der Waals surface area contributed by atoms with Crippen molar-refractivity contribution in [3.05, 3.63) is 53.0 Å². The van der Waals surface area contributed by atoms with E-state index in [1.54, 1.807) is 22.4 Å². The van der Waals surface area contributed by atoms with E-state index in [0.717, 1.165) is 37.1 Å². The molecule has 3 aromatic rings. The first kappa shape index (κ1) is 14.6. The minimum absolute atomic E-state index is 0.0143. The van der Waals surface area contributed by atoms with Crippen LogP contribution in [0.3, 0.4) is 0 Å². The van der Waals surface area contributed by atoms with Gasteiger partial charge in [-0.2, -0.15) is 0 Å². The molecule has 0 amide bonds. The summed E-state index contributed by atoms with van der Waals surface area (Å²) >= 11 is 0. The summed E-state index contributed by atoms with van der Waals surface area (Å²) in [4.78, 5) is 15.9. The monoisotopic (exact) mass is 299 g/mol. The quantitative estimate of drug-likeness (QED) is 0.697. The molecule has 0 saturated heterocycles. The van der Waals surface area contributed by atoms with Gasteiger partial charge in [0.25, 0.3) is 0 Å². The molecular formula is C16H21N5O. The third kappa shape index (κ3) is 2.82. The van der Waals surface area contributed by atoms with Crippen molar-refractivity contribution in [2.24, 2.45) is 14.1 Å². The molecular weight excluding hydrogens is 278 g/mol. The smallest absolute Gasteiger partial charge is 0.328 e. The molecule has 22 heavy (non-hydrogen) atoms. The molecule has 0 aliphatic rings. The molecule has 0 aliphatic carbocycles. The number of benzene rings is 1. The summed E-state index contributed by atoms with van der Waals surface area (Å²) in [5.74, 6) is 0. The molecule has 0 unspecified atom stereocenters. The van der Waals surface area contributed by atoms with Gasteiger partial charge >= 0.3 is 5.69 Å². The third-order valence-electron chi connectivity index (χ3n) is 3.99. The minimum Gasteiger partial charge on any atom is -0.337 e. The number of aromatic nitrogens is 4. The van der Waals surface area contributed by atoms with Gasteiger partial charge in [0.2, 0.25) is 0 Å². The molecule has 0 bridgehead atoms. The summed E-state index contributed by atoms with van der Waals surface area (Å²) in [5, 5.41) is 3.44. The SMILES string of the molecule is Cn1c(=O)n(C)c2cc(CNCCCn3ccnc3)ccc21. The molecule has 3 rings (SSSR count). The average molecular weight is 299 g/mol. The Labute approximate surface area is 129 Å². The van der Waals surface area contributed by atoms with Crippen molar-refractivity contribution in [1.82, 2.24) is 24.0 Å². The highest BCUT2D eigenvalue weighted by atomic mass is 16.1. The Morgan fingerprint density at radius 3 is 2.77 bits per heavy atom. The van der Waals surface area contributed by atoms with Crippen LogP contribution < -0.4 is 11.0 Å². The van der Waals surface area contributed by atoms with Crippen molar-refractivity contribution in [2.45, 2.75) is 19.5 Å². The van der Waals surface area contributed by atoms with Crippen molar-refractivity contribution >= 4 is 11.0 Å². The molecule has 0 saturated carbocycles. The van der Waals surface area contributed by atoms with E-state index in [1.165, 1.54) is 5.56 Å². The minimum atomic E-state index is 0.0143. The Hall–Kier alpha value is -2.34. The number of nitrogens with zero attached hydrogens (tertiary/aromatic N) is 4. The second kappa shape index (κ2) is 6.19. The molecule has 6 nitrogen and oxygen atoms in total. The lowest BCUT2D eigenvalue weighted by molar-refractivity contribution is 0.581. The van der Waals surface area contributed by atoms with E-state index in [1.807, 2.05) is 25.6 Å². The maximum atomic E-state index is 11.9. The normalized spacial score (nSPS) is 11.4. The summed E-state index contributed by atoms with van der Waals surface area (Å²) in [6.07, 6.45) is 6.67. The first-order valence-electron chi connectivity index (χ1n) is 7.47. The second-order valence-corrected chi connectivity index (χ2v) is 5.55. The summed E-state index contributed by atoms with van der Waals surface area (Å²) < 4.78 is 5.45. The second-order valence-electron chi connectivity index (χ2n) is 5.55. The van der Waals surface area contributed by atoms with Crippen LogP contribution in [0.2, 0.25) is 0 Å². The standard InChI is InChI=1S/C16H21N5O/c1-19-14-5-4-13(10-15(14)20(2)16(19)22)11-17-6-3-8-21-9-7-18-12-21/h4-5,7,9-10,12,17H,3,6,8,11H2,1-2H3. The number of imidazole rings is 2. The zero-order valence-corrected chi connectivity index (χ0v) is 13.0. The summed E-state index contributed by atoms with van der Waals surface area (Å²) in [7, 11) is 3.62. The molecule has 0 aliphatic heterocycles. The van der Waals surface area contributed by atoms with Crippen molar-refractivity contribution in [3.8, 4) is 0 Å². The van der Waals surface area contributed by atoms with Crippen LogP contribution in [-0.4, -0.2) is 25.2 Å². The van der Waals surface area contributed by atoms with Crippen molar-refractivity contribution in [2.75, 3.05) is 6.54 Å². The van der Waals surface area contributed by atoms with Crippen molar-refractivity contribution < 1.29 is 0 Å². The molecule has 2 aromatic heterocycles. The van der Waals surface area contributed by atoms with Gasteiger partial charge < -0.3 is 9.88 Å². The lowest BCUT2D eigenvalue weighted by Crippen LogP contribution is -2.19.